The fraction of sp³-hybridized carbons (Fsp3) is 0.125. The number of ether oxygens (including phenoxy) is 1. The molecule has 0 spiro atoms. The van der Waals surface area contributed by atoms with Crippen LogP contribution in [0.3, 0.4) is 0 Å². The van der Waals surface area contributed by atoms with Crippen LogP contribution >= 0.6 is 11.6 Å². The molecule has 1 amide bonds. The minimum Gasteiger partial charge on any atom is -0.465 e. The van der Waals surface area contributed by atoms with E-state index in [4.69, 9.17) is 11.6 Å². The van der Waals surface area contributed by atoms with E-state index in [1.54, 1.807) is 30.3 Å². The average Bonchev–Trinajstić information content (AvgIpc) is 2.50. The Morgan fingerprint density at radius 1 is 1.10 bits per heavy atom. The van der Waals surface area contributed by atoms with Gasteiger partial charge in [0.1, 0.15) is 0 Å². The molecular weight excluding hydrogens is 290 g/mol. The monoisotopic (exact) mass is 303 g/mol. The van der Waals surface area contributed by atoms with Crippen molar-refractivity contribution in [2.24, 2.45) is 0 Å². The topological polar surface area (TPSA) is 55.4 Å². The van der Waals surface area contributed by atoms with Gasteiger partial charge in [-0.1, -0.05) is 23.7 Å². The first-order valence-electron chi connectivity index (χ1n) is 6.27. The van der Waals surface area contributed by atoms with Crippen molar-refractivity contribution in [3.63, 3.8) is 0 Å². The second-order valence-electron chi connectivity index (χ2n) is 4.49. The van der Waals surface area contributed by atoms with Gasteiger partial charge >= 0.3 is 5.97 Å². The summed E-state index contributed by atoms with van der Waals surface area (Å²) in [6.45, 7) is 1.87. The maximum absolute atomic E-state index is 12.2. The molecule has 0 aliphatic heterocycles. The van der Waals surface area contributed by atoms with Crippen molar-refractivity contribution in [3.05, 3.63) is 64.2 Å². The summed E-state index contributed by atoms with van der Waals surface area (Å²) in [5.41, 5.74) is 2.23. The third-order valence-corrected chi connectivity index (χ3v) is 3.23. The van der Waals surface area contributed by atoms with Crippen LogP contribution in [0.5, 0.6) is 0 Å². The third-order valence-electron chi connectivity index (χ3n) is 2.99. The van der Waals surface area contributed by atoms with Crippen molar-refractivity contribution >= 4 is 29.2 Å². The van der Waals surface area contributed by atoms with E-state index in [0.717, 1.165) is 5.56 Å². The standard InChI is InChI=1S/C16H14ClNO3/c1-10-6-7-13(17)9-14(10)18-15(19)11-4-3-5-12(8-11)16(20)21-2/h3-9H,1-2H3,(H,18,19). The van der Waals surface area contributed by atoms with Crippen LogP contribution in [0.1, 0.15) is 26.3 Å². The lowest BCUT2D eigenvalue weighted by molar-refractivity contribution is 0.0600. The molecule has 0 saturated carbocycles. The lowest BCUT2D eigenvalue weighted by Crippen LogP contribution is -2.14. The van der Waals surface area contributed by atoms with E-state index < -0.39 is 5.97 Å². The number of rotatable bonds is 3. The molecule has 0 atom stereocenters. The molecule has 0 radical (unpaired) electrons. The Morgan fingerprint density at radius 2 is 1.81 bits per heavy atom. The number of nitrogens with one attached hydrogen (secondary N) is 1. The minimum absolute atomic E-state index is 0.314. The molecule has 1 N–H and O–H groups in total. The Kier molecular flexibility index (Phi) is 4.60. The molecule has 0 aliphatic rings. The van der Waals surface area contributed by atoms with Crippen molar-refractivity contribution in [1.82, 2.24) is 0 Å². The second-order valence-corrected chi connectivity index (χ2v) is 4.92. The SMILES string of the molecule is COC(=O)c1cccc(C(=O)Nc2cc(Cl)ccc2C)c1. The van der Waals surface area contributed by atoms with Crippen LogP contribution in [0.25, 0.3) is 0 Å². The zero-order chi connectivity index (χ0) is 15.4. The molecule has 0 heterocycles. The largest absolute Gasteiger partial charge is 0.465 e. The van der Waals surface area contributed by atoms with Gasteiger partial charge in [-0.15, -0.1) is 0 Å². The smallest absolute Gasteiger partial charge is 0.337 e. The fourth-order valence-electron chi connectivity index (χ4n) is 1.83. The maximum Gasteiger partial charge on any atom is 0.337 e. The molecule has 2 aromatic carbocycles. The van der Waals surface area contributed by atoms with Gasteiger partial charge in [0.2, 0.25) is 0 Å². The minimum atomic E-state index is -0.483. The number of amides is 1. The first-order valence-corrected chi connectivity index (χ1v) is 6.65. The first kappa shape index (κ1) is 15.1. The molecular formula is C16H14ClNO3. The highest BCUT2D eigenvalue weighted by molar-refractivity contribution is 6.31. The van der Waals surface area contributed by atoms with Crippen molar-refractivity contribution in [3.8, 4) is 0 Å². The Balaban J connectivity index is 2.24. The summed E-state index contributed by atoms with van der Waals surface area (Å²) in [6.07, 6.45) is 0. The lowest BCUT2D eigenvalue weighted by Gasteiger charge is -2.09. The normalized spacial score (nSPS) is 10.0. The molecule has 108 valence electrons. The van der Waals surface area contributed by atoms with Crippen LogP contribution in [-0.2, 0) is 4.74 Å². The number of aryl methyl sites for hydroxylation is 1. The number of esters is 1. The van der Waals surface area contributed by atoms with Crippen LogP contribution < -0.4 is 5.32 Å². The van der Waals surface area contributed by atoms with Crippen molar-refractivity contribution in [1.29, 1.82) is 0 Å². The van der Waals surface area contributed by atoms with E-state index in [1.165, 1.54) is 13.2 Å². The number of carbonyl (C=O) groups excluding carboxylic acids is 2. The summed E-state index contributed by atoms with van der Waals surface area (Å²) in [4.78, 5) is 23.7. The first-order chi connectivity index (χ1) is 10.0. The molecule has 21 heavy (non-hydrogen) atoms. The summed E-state index contributed by atoms with van der Waals surface area (Å²) >= 11 is 5.92. The van der Waals surface area contributed by atoms with E-state index in [1.807, 2.05) is 13.0 Å². The molecule has 0 aromatic heterocycles. The summed E-state index contributed by atoms with van der Waals surface area (Å²) in [6, 6.07) is 11.6. The van der Waals surface area contributed by atoms with Gasteiger partial charge in [0.05, 0.1) is 12.7 Å². The second kappa shape index (κ2) is 6.41. The van der Waals surface area contributed by atoms with E-state index >= 15 is 0 Å². The van der Waals surface area contributed by atoms with Gasteiger partial charge in [0.25, 0.3) is 5.91 Å². The molecule has 0 bridgehead atoms. The van der Waals surface area contributed by atoms with Crippen molar-refractivity contribution in [2.75, 3.05) is 12.4 Å². The average molecular weight is 304 g/mol. The lowest BCUT2D eigenvalue weighted by atomic mass is 10.1. The van der Waals surface area contributed by atoms with Crippen LogP contribution in [0.4, 0.5) is 5.69 Å². The van der Waals surface area contributed by atoms with E-state index in [-0.39, 0.29) is 5.91 Å². The van der Waals surface area contributed by atoms with Gasteiger partial charge in [0, 0.05) is 16.3 Å². The molecule has 2 rings (SSSR count). The number of hydrogen-bond donors (Lipinski definition) is 1. The Bertz CT molecular complexity index is 698. The number of methoxy groups -OCH3 is 1. The Hall–Kier alpha value is -2.33. The Labute approximate surface area is 127 Å². The van der Waals surface area contributed by atoms with Gasteiger partial charge in [-0.2, -0.15) is 0 Å². The van der Waals surface area contributed by atoms with Gasteiger partial charge in [-0.3, -0.25) is 4.79 Å². The highest BCUT2D eigenvalue weighted by Crippen LogP contribution is 2.21. The molecule has 4 nitrogen and oxygen atoms in total. The zero-order valence-corrected chi connectivity index (χ0v) is 12.4. The van der Waals surface area contributed by atoms with Gasteiger partial charge in [0.15, 0.2) is 0 Å². The summed E-state index contributed by atoms with van der Waals surface area (Å²) < 4.78 is 4.64. The summed E-state index contributed by atoms with van der Waals surface area (Å²) in [7, 11) is 1.30. The van der Waals surface area contributed by atoms with Crippen molar-refractivity contribution in [2.45, 2.75) is 6.92 Å². The maximum atomic E-state index is 12.2. The number of hydrogen-bond acceptors (Lipinski definition) is 3. The van der Waals surface area contributed by atoms with Crippen LogP contribution in [-0.4, -0.2) is 19.0 Å². The number of halogens is 1. The molecule has 0 unspecified atom stereocenters. The van der Waals surface area contributed by atoms with Gasteiger partial charge in [-0.05, 0) is 42.8 Å². The predicted molar refractivity (Wildman–Crippen MR) is 81.9 cm³/mol. The third kappa shape index (κ3) is 3.61. The quantitative estimate of drug-likeness (QED) is 0.880. The Morgan fingerprint density at radius 3 is 2.52 bits per heavy atom. The van der Waals surface area contributed by atoms with Crippen LogP contribution in [0.2, 0.25) is 5.02 Å². The summed E-state index contributed by atoms with van der Waals surface area (Å²) in [5.74, 6) is -0.797. The predicted octanol–water partition coefficient (Wildman–Crippen LogP) is 3.69. The molecule has 2 aromatic rings. The highest BCUT2D eigenvalue weighted by atomic mass is 35.5. The van der Waals surface area contributed by atoms with Crippen LogP contribution in [0, 0.1) is 6.92 Å². The number of anilines is 1. The van der Waals surface area contributed by atoms with Gasteiger partial charge in [-0.25, -0.2) is 4.79 Å². The molecule has 5 heteroatoms. The van der Waals surface area contributed by atoms with E-state index in [2.05, 4.69) is 10.1 Å². The fourth-order valence-corrected chi connectivity index (χ4v) is 2.00. The van der Waals surface area contributed by atoms with E-state index in [9.17, 15) is 9.59 Å². The van der Waals surface area contributed by atoms with Gasteiger partial charge < -0.3 is 10.1 Å². The zero-order valence-electron chi connectivity index (χ0n) is 11.6. The number of carbonyl (C=O) groups is 2. The highest BCUT2D eigenvalue weighted by Gasteiger charge is 2.11. The molecule has 0 aliphatic carbocycles. The molecule has 0 fully saturated rings. The van der Waals surface area contributed by atoms with Crippen LogP contribution in [0.15, 0.2) is 42.5 Å². The number of benzene rings is 2. The summed E-state index contributed by atoms with van der Waals surface area (Å²) in [5, 5.41) is 3.32. The van der Waals surface area contributed by atoms with Crippen molar-refractivity contribution < 1.29 is 14.3 Å². The van der Waals surface area contributed by atoms with E-state index in [0.29, 0.717) is 21.8 Å². The molecule has 0 saturated heterocycles.